The minimum Gasteiger partial charge on any atom is -0.474 e. The molecule has 0 saturated heterocycles. The number of rotatable bonds is 11. The first-order valence-corrected chi connectivity index (χ1v) is 14.3. The summed E-state index contributed by atoms with van der Waals surface area (Å²) in [5, 5.41) is 8.39. The van der Waals surface area contributed by atoms with Gasteiger partial charge >= 0.3 is 6.36 Å². The molecule has 2 aromatic carbocycles. The largest absolute Gasteiger partial charge is 0.573 e. The van der Waals surface area contributed by atoms with Gasteiger partial charge in [-0.05, 0) is 87.6 Å². The van der Waals surface area contributed by atoms with E-state index >= 15 is 0 Å². The molecule has 1 amide bonds. The summed E-state index contributed by atoms with van der Waals surface area (Å²) in [5.74, 6) is 0.502. The van der Waals surface area contributed by atoms with Crippen molar-refractivity contribution in [2.45, 2.75) is 77.8 Å². The van der Waals surface area contributed by atoms with E-state index in [0.29, 0.717) is 29.6 Å². The average Bonchev–Trinajstić information content (AvgIpc) is 3.34. The number of halogens is 3. The fourth-order valence-corrected chi connectivity index (χ4v) is 5.30. The Morgan fingerprint density at radius 1 is 1.07 bits per heavy atom. The molecule has 1 heterocycles. The van der Waals surface area contributed by atoms with Gasteiger partial charge in [-0.2, -0.15) is 0 Å². The molecule has 0 bridgehead atoms. The highest BCUT2D eigenvalue weighted by Gasteiger charge is 2.32. The lowest BCUT2D eigenvalue weighted by Gasteiger charge is -2.32. The molecule has 1 atom stereocenters. The normalized spacial score (nSPS) is 15.0. The zero-order valence-corrected chi connectivity index (χ0v) is 24.1. The van der Waals surface area contributed by atoms with Crippen molar-refractivity contribution in [3.05, 3.63) is 65.9 Å². The first kappa shape index (κ1) is 30.3. The number of carbonyl (C=O) groups is 1. The molecule has 1 aliphatic rings. The van der Waals surface area contributed by atoms with Crippen LogP contribution in [0.4, 0.5) is 18.9 Å². The average molecular weight is 573 g/mol. The molecule has 3 aromatic rings. The molecule has 1 fully saturated rings. The predicted molar refractivity (Wildman–Crippen MR) is 153 cm³/mol. The molecule has 0 aliphatic heterocycles. The summed E-state index contributed by atoms with van der Waals surface area (Å²) in [6.45, 7) is 6.60. The van der Waals surface area contributed by atoms with Gasteiger partial charge in [0.05, 0.1) is 23.4 Å². The van der Waals surface area contributed by atoms with Crippen molar-refractivity contribution in [2.24, 2.45) is 5.92 Å². The maximum Gasteiger partial charge on any atom is 0.573 e. The Morgan fingerprint density at radius 2 is 1.73 bits per heavy atom. The Balaban J connectivity index is 1.65. The molecule has 222 valence electrons. The van der Waals surface area contributed by atoms with Crippen molar-refractivity contribution >= 4 is 11.6 Å². The fraction of sp³-hybridized carbons (Fsp3) is 0.484. The Kier molecular flexibility index (Phi) is 9.83. The number of anilines is 1. The van der Waals surface area contributed by atoms with Gasteiger partial charge in [0.15, 0.2) is 0 Å². The lowest BCUT2D eigenvalue weighted by molar-refractivity contribution is -0.274. The van der Waals surface area contributed by atoms with Crippen molar-refractivity contribution in [2.75, 3.05) is 18.9 Å². The molecule has 10 heteroatoms. The highest BCUT2D eigenvalue weighted by atomic mass is 19.4. The number of nitrogens with zero attached hydrogens (tertiary/aromatic N) is 3. The van der Waals surface area contributed by atoms with E-state index in [1.54, 1.807) is 9.58 Å². The van der Waals surface area contributed by atoms with Gasteiger partial charge in [0.1, 0.15) is 5.75 Å². The molecule has 7 nitrogen and oxygen atoms in total. The van der Waals surface area contributed by atoms with E-state index < -0.39 is 6.36 Å². The van der Waals surface area contributed by atoms with Gasteiger partial charge < -0.3 is 19.7 Å². The van der Waals surface area contributed by atoms with Crippen LogP contribution in [-0.2, 0) is 0 Å². The Hall–Kier alpha value is -3.69. The third-order valence-corrected chi connectivity index (χ3v) is 7.21. The van der Waals surface area contributed by atoms with Crippen molar-refractivity contribution in [3.8, 4) is 17.3 Å². The Bertz CT molecular complexity index is 1270. The van der Waals surface area contributed by atoms with Gasteiger partial charge in [0.2, 0.25) is 5.88 Å². The standard InChI is InChI=1S/C31H39F3N4O3/c1-5-19-37(4)30(39)23-11-13-24(14-12-23)35-28(22-9-7-6-8-10-22)27-20-38(36-29(27)40-21(2)3)25-15-17-26(18-16-25)41-31(32,33)34/h11-18,20-22,28,35H,5-10,19H2,1-4H3. The summed E-state index contributed by atoms with van der Waals surface area (Å²) in [4.78, 5) is 14.4. The number of hydrogen-bond donors (Lipinski definition) is 1. The highest BCUT2D eigenvalue weighted by molar-refractivity contribution is 5.94. The third-order valence-electron chi connectivity index (χ3n) is 7.21. The Morgan fingerprint density at radius 3 is 2.32 bits per heavy atom. The molecule has 0 radical (unpaired) electrons. The first-order valence-electron chi connectivity index (χ1n) is 14.3. The molecule has 1 saturated carbocycles. The van der Waals surface area contributed by atoms with Crippen molar-refractivity contribution in [1.29, 1.82) is 0 Å². The number of carbonyl (C=O) groups excluding carboxylic acids is 1. The number of aromatic nitrogens is 2. The zero-order chi connectivity index (χ0) is 29.6. The summed E-state index contributed by atoms with van der Waals surface area (Å²) in [6.07, 6.45) is 3.46. The van der Waals surface area contributed by atoms with E-state index in [1.165, 1.54) is 30.7 Å². The van der Waals surface area contributed by atoms with Crippen LogP contribution in [0.2, 0.25) is 0 Å². The summed E-state index contributed by atoms with van der Waals surface area (Å²) in [6, 6.07) is 13.0. The van der Waals surface area contributed by atoms with Crippen LogP contribution in [0.25, 0.3) is 5.69 Å². The predicted octanol–water partition coefficient (Wildman–Crippen LogP) is 7.77. The van der Waals surface area contributed by atoms with Crippen molar-refractivity contribution < 1.29 is 27.4 Å². The van der Waals surface area contributed by atoms with Crippen LogP contribution in [0, 0.1) is 5.92 Å². The molecular weight excluding hydrogens is 533 g/mol. The van der Waals surface area contributed by atoms with Crippen LogP contribution in [-0.4, -0.2) is 46.6 Å². The lowest BCUT2D eigenvalue weighted by atomic mass is 9.81. The van der Waals surface area contributed by atoms with E-state index in [0.717, 1.165) is 43.4 Å². The minimum atomic E-state index is -4.76. The van der Waals surface area contributed by atoms with E-state index in [1.807, 2.05) is 58.3 Å². The molecule has 41 heavy (non-hydrogen) atoms. The number of ether oxygens (including phenoxy) is 2. The minimum absolute atomic E-state index is 0.0113. The van der Waals surface area contributed by atoms with Gasteiger partial charge in [-0.3, -0.25) is 4.79 Å². The summed E-state index contributed by atoms with van der Waals surface area (Å²) >= 11 is 0. The second-order valence-corrected chi connectivity index (χ2v) is 10.9. The summed E-state index contributed by atoms with van der Waals surface area (Å²) in [5.41, 5.74) is 2.98. The highest BCUT2D eigenvalue weighted by Crippen LogP contribution is 2.40. The number of alkyl halides is 3. The number of nitrogens with one attached hydrogen (secondary N) is 1. The van der Waals surface area contributed by atoms with Crippen molar-refractivity contribution in [3.63, 3.8) is 0 Å². The lowest BCUT2D eigenvalue weighted by Crippen LogP contribution is -2.27. The monoisotopic (exact) mass is 572 g/mol. The second kappa shape index (κ2) is 13.3. The molecule has 1 N–H and O–H groups in total. The van der Waals surface area contributed by atoms with Gasteiger partial charge in [-0.1, -0.05) is 26.2 Å². The van der Waals surface area contributed by atoms with Crippen LogP contribution in [0.5, 0.6) is 11.6 Å². The van der Waals surface area contributed by atoms with Gasteiger partial charge in [0.25, 0.3) is 5.91 Å². The molecule has 4 rings (SSSR count). The van der Waals surface area contributed by atoms with Gasteiger partial charge in [-0.25, -0.2) is 4.68 Å². The van der Waals surface area contributed by atoms with Gasteiger partial charge in [0, 0.05) is 31.0 Å². The molecular formula is C31H39F3N4O3. The first-order chi connectivity index (χ1) is 19.5. The summed E-state index contributed by atoms with van der Waals surface area (Å²) in [7, 11) is 1.81. The molecule has 0 spiro atoms. The van der Waals surface area contributed by atoms with Crippen LogP contribution in [0.1, 0.15) is 81.3 Å². The number of benzene rings is 2. The maximum absolute atomic E-state index is 12.7. The van der Waals surface area contributed by atoms with E-state index in [4.69, 9.17) is 9.84 Å². The molecule has 1 aromatic heterocycles. The smallest absolute Gasteiger partial charge is 0.474 e. The fourth-order valence-electron chi connectivity index (χ4n) is 5.30. The third kappa shape index (κ3) is 8.17. The van der Waals surface area contributed by atoms with Gasteiger partial charge in [-0.15, -0.1) is 18.3 Å². The van der Waals surface area contributed by atoms with Crippen molar-refractivity contribution in [1.82, 2.24) is 14.7 Å². The number of amides is 1. The Labute approximate surface area is 239 Å². The zero-order valence-electron chi connectivity index (χ0n) is 24.1. The maximum atomic E-state index is 12.7. The van der Waals surface area contributed by atoms with Crippen LogP contribution >= 0.6 is 0 Å². The quantitative estimate of drug-likeness (QED) is 0.254. The van der Waals surface area contributed by atoms with Crippen LogP contribution in [0.3, 0.4) is 0 Å². The van der Waals surface area contributed by atoms with E-state index in [-0.39, 0.29) is 23.8 Å². The van der Waals surface area contributed by atoms with E-state index in [2.05, 4.69) is 10.1 Å². The summed E-state index contributed by atoms with van der Waals surface area (Å²) < 4.78 is 49.7. The molecule has 1 aliphatic carbocycles. The van der Waals surface area contributed by atoms with E-state index in [9.17, 15) is 18.0 Å². The van der Waals surface area contributed by atoms with Crippen LogP contribution in [0.15, 0.2) is 54.7 Å². The van der Waals surface area contributed by atoms with Crippen LogP contribution < -0.4 is 14.8 Å². The number of hydrogen-bond acceptors (Lipinski definition) is 5. The topological polar surface area (TPSA) is 68.6 Å². The molecule has 1 unspecified atom stereocenters. The second-order valence-electron chi connectivity index (χ2n) is 10.9. The SMILES string of the molecule is CCCN(C)C(=O)c1ccc(NC(c2cn(-c3ccc(OC(F)(F)F)cc3)nc2OC(C)C)C2CCCCC2)cc1.